The minimum Gasteiger partial charge on any atom is -0.376 e. The fourth-order valence-electron chi connectivity index (χ4n) is 3.27. The Balaban J connectivity index is 2.26. The number of aryl methyl sites for hydroxylation is 1. The molecule has 0 spiro atoms. The van der Waals surface area contributed by atoms with Gasteiger partial charge in [-0.25, -0.2) is 0 Å². The lowest BCUT2D eigenvalue weighted by molar-refractivity contribution is -0.0776. The number of hydrogen-bond acceptors (Lipinski definition) is 4. The maximum absolute atomic E-state index is 6.03. The van der Waals surface area contributed by atoms with Gasteiger partial charge in [0.05, 0.1) is 23.5 Å². The van der Waals surface area contributed by atoms with Crippen LogP contribution in [0.5, 0.6) is 0 Å². The first-order chi connectivity index (χ1) is 9.63. The van der Waals surface area contributed by atoms with Crippen molar-refractivity contribution in [2.24, 2.45) is 13.0 Å². The van der Waals surface area contributed by atoms with Gasteiger partial charge in [-0.3, -0.25) is 4.68 Å². The molecule has 1 N–H and O–H groups in total. The van der Waals surface area contributed by atoms with E-state index in [2.05, 4.69) is 29.5 Å². The molecule has 5 nitrogen and oxygen atoms in total. The summed E-state index contributed by atoms with van der Waals surface area (Å²) in [4.78, 5) is 0. The Labute approximate surface area is 122 Å². The van der Waals surface area contributed by atoms with E-state index in [1.165, 1.54) is 12.8 Å². The highest BCUT2D eigenvalue weighted by atomic mass is 16.5. The first-order valence-corrected chi connectivity index (χ1v) is 7.76. The molecule has 0 bridgehead atoms. The normalized spacial score (nSPS) is 28.5. The van der Waals surface area contributed by atoms with E-state index in [1.54, 1.807) is 0 Å². The van der Waals surface area contributed by atoms with Crippen LogP contribution in [0.2, 0.25) is 0 Å². The summed E-state index contributed by atoms with van der Waals surface area (Å²) in [5.74, 6) is 0.801. The smallest absolute Gasteiger partial charge is 0.0888 e. The Hall–Kier alpha value is -0.940. The highest BCUT2D eigenvalue weighted by molar-refractivity contribution is 5.11. The number of ether oxygens (including phenoxy) is 1. The van der Waals surface area contributed by atoms with Gasteiger partial charge in [-0.2, -0.15) is 0 Å². The Morgan fingerprint density at radius 2 is 2.20 bits per heavy atom. The number of rotatable bonds is 6. The molecule has 1 unspecified atom stereocenters. The van der Waals surface area contributed by atoms with Crippen molar-refractivity contribution in [1.29, 1.82) is 0 Å². The highest BCUT2D eigenvalue weighted by Crippen LogP contribution is 2.42. The number of hydrogen-bond donors (Lipinski definition) is 1. The molecule has 5 heteroatoms. The van der Waals surface area contributed by atoms with Crippen molar-refractivity contribution in [3.05, 3.63) is 11.9 Å². The zero-order chi connectivity index (χ0) is 14.6. The summed E-state index contributed by atoms with van der Waals surface area (Å²) in [6.07, 6.45) is 7.62. The van der Waals surface area contributed by atoms with Gasteiger partial charge in [0.25, 0.3) is 0 Å². The predicted octanol–water partition coefficient (Wildman–Crippen LogP) is 2.45. The third-order valence-electron chi connectivity index (χ3n) is 4.70. The minimum atomic E-state index is -0.128. The number of nitrogens with one attached hydrogen (secondary N) is 1. The Bertz CT molecular complexity index is 410. The molecule has 0 saturated heterocycles. The van der Waals surface area contributed by atoms with E-state index < -0.39 is 0 Å². The van der Waals surface area contributed by atoms with Gasteiger partial charge in [-0.1, -0.05) is 19.1 Å². The van der Waals surface area contributed by atoms with Crippen molar-refractivity contribution in [2.45, 2.75) is 57.6 Å². The van der Waals surface area contributed by atoms with Crippen molar-refractivity contribution in [3.8, 4) is 0 Å². The van der Waals surface area contributed by atoms with Crippen molar-refractivity contribution < 1.29 is 4.74 Å². The molecule has 1 aliphatic carbocycles. The molecule has 1 aromatic heterocycles. The van der Waals surface area contributed by atoms with Crippen LogP contribution in [0.15, 0.2) is 6.20 Å². The van der Waals surface area contributed by atoms with Gasteiger partial charge >= 0.3 is 0 Å². The third-order valence-corrected chi connectivity index (χ3v) is 4.70. The molecule has 2 rings (SSSR count). The van der Waals surface area contributed by atoms with Crippen LogP contribution in [0.1, 0.15) is 57.7 Å². The molecule has 1 fully saturated rings. The molecule has 0 aromatic carbocycles. The summed E-state index contributed by atoms with van der Waals surface area (Å²) >= 11 is 0. The third kappa shape index (κ3) is 3.04. The second-order valence-electron chi connectivity index (χ2n) is 6.12. The SMILES string of the molecule is CCCNC(c1cnnn1C)C1(OC)CCC(C)CC1. The average molecular weight is 280 g/mol. The molecule has 0 radical (unpaired) electrons. The maximum Gasteiger partial charge on any atom is 0.0888 e. The number of aromatic nitrogens is 3. The van der Waals surface area contributed by atoms with Gasteiger partial charge in [0.1, 0.15) is 0 Å². The first-order valence-electron chi connectivity index (χ1n) is 7.76. The van der Waals surface area contributed by atoms with E-state index in [0.29, 0.717) is 0 Å². The Kier molecular flexibility index (Phi) is 5.16. The Morgan fingerprint density at radius 3 is 2.70 bits per heavy atom. The number of nitrogens with zero attached hydrogens (tertiary/aromatic N) is 3. The molecule has 1 aromatic rings. The fourth-order valence-corrected chi connectivity index (χ4v) is 3.27. The van der Waals surface area contributed by atoms with Gasteiger partial charge in [-0.05, 0) is 44.6 Å². The van der Waals surface area contributed by atoms with Crippen LogP contribution in [-0.2, 0) is 11.8 Å². The molecular weight excluding hydrogens is 252 g/mol. The zero-order valence-electron chi connectivity index (χ0n) is 13.2. The van der Waals surface area contributed by atoms with Gasteiger partial charge < -0.3 is 10.1 Å². The van der Waals surface area contributed by atoms with Crippen LogP contribution in [0.4, 0.5) is 0 Å². The highest BCUT2D eigenvalue weighted by Gasteiger charge is 2.43. The average Bonchev–Trinajstić information content (AvgIpc) is 2.88. The topological polar surface area (TPSA) is 52.0 Å². The summed E-state index contributed by atoms with van der Waals surface area (Å²) in [6.45, 7) is 5.50. The lowest BCUT2D eigenvalue weighted by Gasteiger charge is -2.44. The molecule has 1 heterocycles. The fraction of sp³-hybridized carbons (Fsp3) is 0.867. The largest absolute Gasteiger partial charge is 0.376 e. The van der Waals surface area contributed by atoms with Crippen LogP contribution < -0.4 is 5.32 Å². The van der Waals surface area contributed by atoms with Crippen molar-refractivity contribution in [1.82, 2.24) is 20.3 Å². The molecule has 1 saturated carbocycles. The second kappa shape index (κ2) is 6.68. The first kappa shape index (κ1) is 15.4. The van der Waals surface area contributed by atoms with Crippen molar-refractivity contribution in [2.75, 3.05) is 13.7 Å². The maximum atomic E-state index is 6.03. The predicted molar refractivity (Wildman–Crippen MR) is 79.4 cm³/mol. The monoisotopic (exact) mass is 280 g/mol. The van der Waals surface area contributed by atoms with Gasteiger partial charge in [0.2, 0.25) is 0 Å². The van der Waals surface area contributed by atoms with E-state index in [9.17, 15) is 0 Å². The standard InChI is InChI=1S/C15H28N4O/c1-5-10-16-14(13-11-17-18-19(13)3)15(20-4)8-6-12(2)7-9-15/h11-12,14,16H,5-10H2,1-4H3. The zero-order valence-corrected chi connectivity index (χ0v) is 13.2. The van der Waals surface area contributed by atoms with E-state index >= 15 is 0 Å². The lowest BCUT2D eigenvalue weighted by atomic mass is 9.74. The van der Waals surface area contributed by atoms with Crippen LogP contribution in [0.3, 0.4) is 0 Å². The van der Waals surface area contributed by atoms with Crippen molar-refractivity contribution in [3.63, 3.8) is 0 Å². The van der Waals surface area contributed by atoms with E-state index in [4.69, 9.17) is 4.74 Å². The summed E-state index contributed by atoms with van der Waals surface area (Å²) in [5.41, 5.74) is 0.992. The van der Waals surface area contributed by atoms with Gasteiger partial charge in [0.15, 0.2) is 0 Å². The summed E-state index contributed by atoms with van der Waals surface area (Å²) in [6, 6.07) is 0.167. The summed E-state index contributed by atoms with van der Waals surface area (Å²) in [5, 5.41) is 11.8. The van der Waals surface area contributed by atoms with E-state index in [-0.39, 0.29) is 11.6 Å². The quantitative estimate of drug-likeness (QED) is 0.869. The number of methoxy groups -OCH3 is 1. The van der Waals surface area contributed by atoms with Gasteiger partial charge in [-0.15, -0.1) is 5.10 Å². The molecule has 20 heavy (non-hydrogen) atoms. The molecule has 114 valence electrons. The molecule has 0 amide bonds. The molecule has 1 atom stereocenters. The van der Waals surface area contributed by atoms with Crippen LogP contribution in [0, 0.1) is 5.92 Å². The molecule has 0 aliphatic heterocycles. The van der Waals surface area contributed by atoms with Crippen LogP contribution in [-0.4, -0.2) is 34.2 Å². The van der Waals surface area contributed by atoms with Crippen LogP contribution in [0.25, 0.3) is 0 Å². The van der Waals surface area contributed by atoms with E-state index in [1.807, 2.05) is 25.0 Å². The lowest BCUT2D eigenvalue weighted by Crippen LogP contribution is -2.48. The van der Waals surface area contributed by atoms with Gasteiger partial charge in [0, 0.05) is 14.2 Å². The second-order valence-corrected chi connectivity index (χ2v) is 6.12. The minimum absolute atomic E-state index is 0.128. The molecule has 1 aliphatic rings. The van der Waals surface area contributed by atoms with Crippen LogP contribution >= 0.6 is 0 Å². The summed E-state index contributed by atoms with van der Waals surface area (Å²) in [7, 11) is 3.80. The molecular formula is C15H28N4O. The van der Waals surface area contributed by atoms with Crippen molar-refractivity contribution >= 4 is 0 Å². The van der Waals surface area contributed by atoms with E-state index in [0.717, 1.165) is 37.4 Å². The summed E-state index contributed by atoms with van der Waals surface area (Å²) < 4.78 is 7.90. The Morgan fingerprint density at radius 1 is 1.50 bits per heavy atom.